The molecule has 3 aromatic rings. The van der Waals surface area contributed by atoms with E-state index in [1.54, 1.807) is 17.0 Å². The SMILES string of the molecule is Cc1cccc(CN(C(=O)COc2ccc(Br)cc2)[C@H](Cc2ccccc2)C(=O)NC(C)(C)C)c1. The van der Waals surface area contributed by atoms with Gasteiger partial charge in [0.05, 0.1) is 0 Å². The number of carbonyl (C=O) groups excluding carboxylic acids is 2. The van der Waals surface area contributed by atoms with Gasteiger partial charge in [-0.15, -0.1) is 0 Å². The zero-order valence-corrected chi connectivity index (χ0v) is 22.3. The van der Waals surface area contributed by atoms with Crippen molar-refractivity contribution in [2.75, 3.05) is 6.61 Å². The first-order chi connectivity index (χ1) is 16.6. The van der Waals surface area contributed by atoms with Gasteiger partial charge in [-0.25, -0.2) is 0 Å². The van der Waals surface area contributed by atoms with Crippen LogP contribution in [0, 0.1) is 6.92 Å². The summed E-state index contributed by atoms with van der Waals surface area (Å²) in [5, 5.41) is 3.07. The van der Waals surface area contributed by atoms with Crippen molar-refractivity contribution in [2.24, 2.45) is 0 Å². The van der Waals surface area contributed by atoms with Crippen molar-refractivity contribution in [3.05, 3.63) is 100 Å². The molecule has 0 fully saturated rings. The molecule has 0 heterocycles. The van der Waals surface area contributed by atoms with E-state index in [9.17, 15) is 9.59 Å². The van der Waals surface area contributed by atoms with Crippen LogP contribution in [0.2, 0.25) is 0 Å². The Morgan fingerprint density at radius 3 is 2.23 bits per heavy atom. The van der Waals surface area contributed by atoms with E-state index in [0.717, 1.165) is 21.2 Å². The first-order valence-corrected chi connectivity index (χ1v) is 12.5. The van der Waals surface area contributed by atoms with Crippen molar-refractivity contribution in [1.29, 1.82) is 0 Å². The van der Waals surface area contributed by atoms with Crippen LogP contribution in [0.25, 0.3) is 0 Å². The second-order valence-corrected chi connectivity index (χ2v) is 10.6. The maximum absolute atomic E-state index is 13.6. The molecule has 0 spiro atoms. The molecule has 0 aromatic heterocycles. The van der Waals surface area contributed by atoms with Crippen LogP contribution in [0.3, 0.4) is 0 Å². The second kappa shape index (κ2) is 12.0. The lowest BCUT2D eigenvalue weighted by atomic mass is 10.0. The zero-order chi connectivity index (χ0) is 25.4. The molecule has 3 aromatic carbocycles. The number of aryl methyl sites for hydroxylation is 1. The smallest absolute Gasteiger partial charge is 0.261 e. The monoisotopic (exact) mass is 536 g/mol. The van der Waals surface area contributed by atoms with E-state index in [4.69, 9.17) is 4.74 Å². The van der Waals surface area contributed by atoms with E-state index in [2.05, 4.69) is 21.2 Å². The van der Waals surface area contributed by atoms with Gasteiger partial charge in [-0.3, -0.25) is 9.59 Å². The summed E-state index contributed by atoms with van der Waals surface area (Å²) >= 11 is 3.41. The summed E-state index contributed by atoms with van der Waals surface area (Å²) in [4.78, 5) is 28.8. The molecule has 0 aliphatic rings. The molecule has 5 nitrogen and oxygen atoms in total. The number of amides is 2. The van der Waals surface area contributed by atoms with Gasteiger partial charge in [0.15, 0.2) is 6.61 Å². The second-order valence-electron chi connectivity index (χ2n) is 9.70. The number of rotatable bonds is 9. The first kappa shape index (κ1) is 26.5. The summed E-state index contributed by atoms with van der Waals surface area (Å²) in [6.45, 7) is 7.97. The van der Waals surface area contributed by atoms with Crippen molar-refractivity contribution >= 4 is 27.7 Å². The molecule has 3 rings (SSSR count). The molecular formula is C29H33BrN2O3. The van der Waals surface area contributed by atoms with Gasteiger partial charge >= 0.3 is 0 Å². The van der Waals surface area contributed by atoms with Crippen LogP contribution >= 0.6 is 15.9 Å². The van der Waals surface area contributed by atoms with Crippen LogP contribution < -0.4 is 10.1 Å². The lowest BCUT2D eigenvalue weighted by molar-refractivity contribution is -0.143. The van der Waals surface area contributed by atoms with Crippen molar-refractivity contribution in [1.82, 2.24) is 10.2 Å². The van der Waals surface area contributed by atoms with Gasteiger partial charge in [0.2, 0.25) is 5.91 Å². The number of halogens is 1. The van der Waals surface area contributed by atoms with Crippen LogP contribution in [0.4, 0.5) is 0 Å². The topological polar surface area (TPSA) is 58.6 Å². The number of ether oxygens (including phenoxy) is 1. The molecule has 0 saturated heterocycles. The molecule has 0 bridgehead atoms. The molecule has 1 atom stereocenters. The lowest BCUT2D eigenvalue weighted by Gasteiger charge is -2.33. The van der Waals surface area contributed by atoms with E-state index in [1.807, 2.05) is 94.4 Å². The molecule has 2 amide bonds. The summed E-state index contributed by atoms with van der Waals surface area (Å²) in [5.41, 5.74) is 2.61. The molecule has 0 unspecified atom stereocenters. The average molecular weight is 537 g/mol. The van der Waals surface area contributed by atoms with Crippen LogP contribution in [0.15, 0.2) is 83.3 Å². The van der Waals surface area contributed by atoms with Crippen LogP contribution in [-0.2, 0) is 22.6 Å². The number of hydrogen-bond donors (Lipinski definition) is 1. The average Bonchev–Trinajstić information content (AvgIpc) is 2.80. The summed E-state index contributed by atoms with van der Waals surface area (Å²) < 4.78 is 6.73. The lowest BCUT2D eigenvalue weighted by Crippen LogP contribution is -2.55. The van der Waals surface area contributed by atoms with Crippen molar-refractivity contribution in [3.8, 4) is 5.75 Å². The van der Waals surface area contributed by atoms with Crippen LogP contribution in [0.1, 0.15) is 37.5 Å². The Morgan fingerprint density at radius 1 is 0.943 bits per heavy atom. The van der Waals surface area contributed by atoms with E-state index < -0.39 is 11.6 Å². The first-order valence-electron chi connectivity index (χ1n) is 11.7. The standard InChI is InChI=1S/C29H33BrN2O3/c1-21-9-8-12-23(17-21)19-32(27(33)20-35-25-15-13-24(30)14-16-25)26(28(34)31-29(2,3)4)18-22-10-6-5-7-11-22/h5-17,26H,18-20H2,1-4H3,(H,31,34)/t26-/m1/s1. The highest BCUT2D eigenvalue weighted by Gasteiger charge is 2.32. The van der Waals surface area contributed by atoms with Gasteiger partial charge in [0.1, 0.15) is 11.8 Å². The molecular weight excluding hydrogens is 504 g/mol. The number of carbonyl (C=O) groups is 2. The predicted octanol–water partition coefficient (Wildman–Crippen LogP) is 5.69. The number of hydrogen-bond acceptors (Lipinski definition) is 3. The Labute approximate surface area is 216 Å². The maximum atomic E-state index is 13.6. The van der Waals surface area contributed by atoms with Gasteiger partial charge in [0, 0.05) is 23.0 Å². The Bertz CT molecular complexity index is 1120. The highest BCUT2D eigenvalue weighted by Crippen LogP contribution is 2.19. The quantitative estimate of drug-likeness (QED) is 0.382. The largest absolute Gasteiger partial charge is 0.484 e. The zero-order valence-electron chi connectivity index (χ0n) is 20.8. The summed E-state index contributed by atoms with van der Waals surface area (Å²) in [5.74, 6) is 0.154. The van der Waals surface area contributed by atoms with Gasteiger partial charge in [-0.05, 0) is 63.1 Å². The van der Waals surface area contributed by atoms with E-state index in [-0.39, 0.29) is 18.4 Å². The van der Waals surface area contributed by atoms with E-state index in [1.165, 1.54) is 0 Å². The molecule has 0 saturated carbocycles. The molecule has 0 radical (unpaired) electrons. The number of nitrogens with zero attached hydrogens (tertiary/aromatic N) is 1. The van der Waals surface area contributed by atoms with Crippen molar-refractivity contribution < 1.29 is 14.3 Å². The minimum Gasteiger partial charge on any atom is -0.484 e. The van der Waals surface area contributed by atoms with Crippen molar-refractivity contribution in [3.63, 3.8) is 0 Å². The van der Waals surface area contributed by atoms with E-state index >= 15 is 0 Å². The predicted molar refractivity (Wildman–Crippen MR) is 143 cm³/mol. The third-order valence-electron chi connectivity index (χ3n) is 5.38. The maximum Gasteiger partial charge on any atom is 0.261 e. The highest BCUT2D eigenvalue weighted by atomic mass is 79.9. The third-order valence-corrected chi connectivity index (χ3v) is 5.91. The minimum atomic E-state index is -0.696. The van der Waals surface area contributed by atoms with Gasteiger partial charge < -0.3 is 15.0 Å². The molecule has 35 heavy (non-hydrogen) atoms. The summed E-state index contributed by atoms with van der Waals surface area (Å²) in [6, 6.07) is 24.4. The molecule has 1 N–H and O–H groups in total. The Kier molecular flexibility index (Phi) is 9.10. The molecule has 6 heteroatoms. The van der Waals surface area contributed by atoms with Crippen LogP contribution in [-0.4, -0.2) is 34.9 Å². The third kappa shape index (κ3) is 8.55. The summed E-state index contributed by atoms with van der Waals surface area (Å²) in [6.07, 6.45) is 0.401. The normalized spacial score (nSPS) is 12.0. The summed E-state index contributed by atoms with van der Waals surface area (Å²) in [7, 11) is 0. The fourth-order valence-corrected chi connectivity index (χ4v) is 4.04. The van der Waals surface area contributed by atoms with Crippen LogP contribution in [0.5, 0.6) is 5.75 Å². The number of benzene rings is 3. The minimum absolute atomic E-state index is 0.165. The van der Waals surface area contributed by atoms with Crippen molar-refractivity contribution in [2.45, 2.75) is 52.2 Å². The Hall–Kier alpha value is -3.12. The Morgan fingerprint density at radius 2 is 1.60 bits per heavy atom. The van der Waals surface area contributed by atoms with E-state index in [0.29, 0.717) is 18.7 Å². The van der Waals surface area contributed by atoms with Gasteiger partial charge in [-0.1, -0.05) is 76.1 Å². The van der Waals surface area contributed by atoms with Gasteiger partial charge in [-0.2, -0.15) is 0 Å². The van der Waals surface area contributed by atoms with Gasteiger partial charge in [0.25, 0.3) is 5.91 Å². The molecule has 0 aliphatic heterocycles. The highest BCUT2D eigenvalue weighted by molar-refractivity contribution is 9.10. The fraction of sp³-hybridized carbons (Fsp3) is 0.310. The Balaban J connectivity index is 1.92. The number of nitrogens with one attached hydrogen (secondary N) is 1. The molecule has 184 valence electrons. The molecule has 0 aliphatic carbocycles. The fourth-order valence-electron chi connectivity index (χ4n) is 3.77.